The molecule has 0 saturated carbocycles. The Kier molecular flexibility index (Phi) is 6.22. The van der Waals surface area contributed by atoms with E-state index in [0.717, 1.165) is 17.8 Å². The Bertz CT molecular complexity index is 2710. The SMILES string of the molecule is Cc1ccc(N(c2ccccc2-c2ccccc2)c2cccc3c2C2(c4ccccc4-3)c3ccccc3-c3ccc4c(c32)Cc2ccccc2-4)cc1. The molecule has 3 aliphatic rings. The van der Waals surface area contributed by atoms with Crippen molar-refractivity contribution in [2.45, 2.75) is 18.8 Å². The highest BCUT2D eigenvalue weighted by Crippen LogP contribution is 2.67. The third-order valence-electron chi connectivity index (χ3n) is 11.8. The zero-order valence-corrected chi connectivity index (χ0v) is 29.0. The first-order valence-electron chi connectivity index (χ1n) is 18.3. The number of hydrogen-bond donors (Lipinski definition) is 0. The fraction of sp³-hybridized carbons (Fsp3) is 0.0588. The van der Waals surface area contributed by atoms with Crippen LogP contribution in [0.5, 0.6) is 0 Å². The molecular weight excluding hydrogens is 627 g/mol. The first-order valence-corrected chi connectivity index (χ1v) is 18.3. The Labute approximate surface area is 305 Å². The molecule has 3 aliphatic carbocycles. The fourth-order valence-corrected chi connectivity index (χ4v) is 9.74. The molecule has 0 aliphatic heterocycles. The van der Waals surface area contributed by atoms with Crippen molar-refractivity contribution in [1.82, 2.24) is 0 Å². The second-order valence-corrected chi connectivity index (χ2v) is 14.4. The van der Waals surface area contributed by atoms with E-state index in [0.29, 0.717) is 0 Å². The van der Waals surface area contributed by atoms with Gasteiger partial charge in [-0.1, -0.05) is 163 Å². The number of aryl methyl sites for hydroxylation is 1. The molecule has 0 fully saturated rings. The maximum absolute atomic E-state index is 2.53. The average molecular weight is 662 g/mol. The van der Waals surface area contributed by atoms with Crippen LogP contribution in [0.3, 0.4) is 0 Å². The van der Waals surface area contributed by atoms with Gasteiger partial charge >= 0.3 is 0 Å². The molecule has 0 amide bonds. The summed E-state index contributed by atoms with van der Waals surface area (Å²) in [7, 11) is 0. The third-order valence-corrected chi connectivity index (χ3v) is 11.8. The van der Waals surface area contributed by atoms with E-state index in [9.17, 15) is 0 Å². The van der Waals surface area contributed by atoms with E-state index in [4.69, 9.17) is 0 Å². The molecule has 8 aromatic rings. The number of para-hydroxylation sites is 1. The normalized spacial score (nSPS) is 15.4. The Morgan fingerprint density at radius 2 is 0.962 bits per heavy atom. The van der Waals surface area contributed by atoms with E-state index in [1.54, 1.807) is 0 Å². The number of fused-ring (bicyclic) bond motifs is 14. The molecule has 8 aromatic carbocycles. The second-order valence-electron chi connectivity index (χ2n) is 14.4. The lowest BCUT2D eigenvalue weighted by Crippen LogP contribution is -2.29. The van der Waals surface area contributed by atoms with Crippen LogP contribution in [0.1, 0.15) is 38.9 Å². The smallest absolute Gasteiger partial charge is 0.0749 e. The average Bonchev–Trinajstić information content (AvgIpc) is 3.84. The van der Waals surface area contributed by atoms with Gasteiger partial charge in [0.2, 0.25) is 0 Å². The summed E-state index contributed by atoms with van der Waals surface area (Å²) in [5.74, 6) is 0. The monoisotopic (exact) mass is 661 g/mol. The number of rotatable bonds is 4. The van der Waals surface area contributed by atoms with Crippen LogP contribution in [-0.2, 0) is 11.8 Å². The topological polar surface area (TPSA) is 3.24 Å². The van der Waals surface area contributed by atoms with Crippen molar-refractivity contribution in [3.05, 3.63) is 221 Å². The zero-order chi connectivity index (χ0) is 34.4. The van der Waals surface area contributed by atoms with Crippen LogP contribution in [0.4, 0.5) is 17.1 Å². The first-order chi connectivity index (χ1) is 25.7. The van der Waals surface area contributed by atoms with Gasteiger partial charge in [0, 0.05) is 16.8 Å². The summed E-state index contributed by atoms with van der Waals surface area (Å²) >= 11 is 0. The summed E-state index contributed by atoms with van der Waals surface area (Å²) in [5, 5.41) is 0. The van der Waals surface area contributed by atoms with E-state index >= 15 is 0 Å². The van der Waals surface area contributed by atoms with Gasteiger partial charge in [-0.15, -0.1) is 0 Å². The van der Waals surface area contributed by atoms with Gasteiger partial charge in [0.25, 0.3) is 0 Å². The van der Waals surface area contributed by atoms with Gasteiger partial charge in [0.15, 0.2) is 0 Å². The van der Waals surface area contributed by atoms with Crippen molar-refractivity contribution in [3.8, 4) is 44.5 Å². The first kappa shape index (κ1) is 29.3. The zero-order valence-electron chi connectivity index (χ0n) is 29.0. The highest BCUT2D eigenvalue weighted by atomic mass is 15.1. The number of hydrogen-bond acceptors (Lipinski definition) is 1. The van der Waals surface area contributed by atoms with Crippen LogP contribution in [0.15, 0.2) is 182 Å². The third kappa shape index (κ3) is 3.88. The fourth-order valence-electron chi connectivity index (χ4n) is 9.74. The summed E-state index contributed by atoms with van der Waals surface area (Å²) in [6.45, 7) is 2.17. The van der Waals surface area contributed by atoms with Crippen molar-refractivity contribution in [1.29, 1.82) is 0 Å². The molecule has 0 aromatic heterocycles. The van der Waals surface area contributed by atoms with E-state index in [-0.39, 0.29) is 0 Å². The number of nitrogens with zero attached hydrogens (tertiary/aromatic N) is 1. The largest absolute Gasteiger partial charge is 0.310 e. The van der Waals surface area contributed by atoms with Crippen LogP contribution in [-0.4, -0.2) is 0 Å². The summed E-state index contributed by atoms with van der Waals surface area (Å²) in [5.41, 5.74) is 23.1. The van der Waals surface area contributed by atoms with Crippen molar-refractivity contribution in [2.24, 2.45) is 0 Å². The Morgan fingerprint density at radius 3 is 1.71 bits per heavy atom. The summed E-state index contributed by atoms with van der Waals surface area (Å²) in [4.78, 5) is 2.53. The quantitative estimate of drug-likeness (QED) is 0.181. The Balaban J connectivity index is 1.29. The second kappa shape index (κ2) is 11.0. The molecule has 52 heavy (non-hydrogen) atoms. The molecule has 0 bridgehead atoms. The highest BCUT2D eigenvalue weighted by Gasteiger charge is 2.55. The van der Waals surface area contributed by atoms with Gasteiger partial charge in [-0.3, -0.25) is 0 Å². The van der Waals surface area contributed by atoms with Crippen LogP contribution >= 0.6 is 0 Å². The lowest BCUT2D eigenvalue weighted by Gasteiger charge is -2.37. The standard InChI is InChI=1S/C51H35N/c1-33-26-28-36(29-27-33)52(47-24-12-9-18-38(47)34-14-3-2-4-15-34)48-25-13-21-42-40-19-7-10-22-45(40)51(50(42)48)46-23-11-8-20-41(46)43-31-30-39-37-17-6-5-16-35(37)32-44(39)49(43)51/h2-31H,32H2,1H3. The van der Waals surface area contributed by atoms with Crippen LogP contribution < -0.4 is 4.90 Å². The van der Waals surface area contributed by atoms with Gasteiger partial charge in [-0.25, -0.2) is 0 Å². The highest BCUT2D eigenvalue weighted by molar-refractivity contribution is 6.02. The molecule has 0 radical (unpaired) electrons. The van der Waals surface area contributed by atoms with Gasteiger partial charge < -0.3 is 4.90 Å². The van der Waals surface area contributed by atoms with E-state index < -0.39 is 5.41 Å². The Morgan fingerprint density at radius 1 is 0.404 bits per heavy atom. The summed E-state index contributed by atoms with van der Waals surface area (Å²) in [6.07, 6.45) is 0.933. The minimum absolute atomic E-state index is 0.507. The maximum atomic E-state index is 2.53. The predicted molar refractivity (Wildman–Crippen MR) is 216 cm³/mol. The van der Waals surface area contributed by atoms with Crippen LogP contribution in [0.2, 0.25) is 0 Å². The minimum atomic E-state index is -0.507. The lowest BCUT2D eigenvalue weighted by atomic mass is 9.68. The van der Waals surface area contributed by atoms with E-state index in [2.05, 4.69) is 194 Å². The van der Waals surface area contributed by atoms with Gasteiger partial charge in [-0.05, 0) is 104 Å². The maximum Gasteiger partial charge on any atom is 0.0749 e. The number of anilines is 3. The minimum Gasteiger partial charge on any atom is -0.310 e. The van der Waals surface area contributed by atoms with Crippen molar-refractivity contribution in [3.63, 3.8) is 0 Å². The molecule has 244 valence electrons. The van der Waals surface area contributed by atoms with Crippen LogP contribution in [0.25, 0.3) is 44.5 Å². The molecule has 1 heteroatoms. The van der Waals surface area contributed by atoms with E-state index in [1.807, 2.05) is 0 Å². The molecular formula is C51H35N. The van der Waals surface area contributed by atoms with Crippen LogP contribution in [0, 0.1) is 6.92 Å². The molecule has 1 unspecified atom stereocenters. The molecule has 0 saturated heterocycles. The molecule has 1 nitrogen and oxygen atoms in total. The van der Waals surface area contributed by atoms with E-state index in [1.165, 1.54) is 89.1 Å². The van der Waals surface area contributed by atoms with Gasteiger partial charge in [-0.2, -0.15) is 0 Å². The van der Waals surface area contributed by atoms with Gasteiger partial charge in [0.1, 0.15) is 0 Å². The van der Waals surface area contributed by atoms with Gasteiger partial charge in [0.05, 0.1) is 16.8 Å². The molecule has 1 spiro atoms. The predicted octanol–water partition coefficient (Wildman–Crippen LogP) is 13.0. The molecule has 1 atom stereocenters. The van der Waals surface area contributed by atoms with Crippen molar-refractivity contribution >= 4 is 17.1 Å². The molecule has 0 heterocycles. The number of benzene rings is 8. The summed E-state index contributed by atoms with van der Waals surface area (Å²) in [6, 6.07) is 68.0. The van der Waals surface area contributed by atoms with Crippen molar-refractivity contribution < 1.29 is 0 Å². The van der Waals surface area contributed by atoms with Crippen molar-refractivity contribution in [2.75, 3.05) is 4.90 Å². The Hall–Kier alpha value is -6.44. The lowest BCUT2D eigenvalue weighted by molar-refractivity contribution is 0.783. The molecule has 11 rings (SSSR count). The molecule has 0 N–H and O–H groups in total. The summed E-state index contributed by atoms with van der Waals surface area (Å²) < 4.78 is 0.